The number of nitrogens with zero attached hydrogens (tertiary/aromatic N) is 3. The monoisotopic (exact) mass is 377 g/mol. The van der Waals surface area contributed by atoms with E-state index < -0.39 is 9.84 Å². The van der Waals surface area contributed by atoms with E-state index in [0.717, 1.165) is 36.2 Å². The largest absolute Gasteiger partial charge is 0.336 e. The molecule has 8 heteroatoms. The van der Waals surface area contributed by atoms with Crippen LogP contribution in [-0.2, 0) is 22.7 Å². The molecular weight excluding hydrogens is 357 g/mol. The van der Waals surface area contributed by atoms with Crippen LogP contribution in [0.4, 0.5) is 4.39 Å². The van der Waals surface area contributed by atoms with Crippen LogP contribution in [0.15, 0.2) is 24.3 Å². The molecule has 0 saturated carbocycles. The molecule has 138 valence electrons. The summed E-state index contributed by atoms with van der Waals surface area (Å²) in [5.41, 5.74) is 3.00. The van der Waals surface area contributed by atoms with Gasteiger partial charge in [0.1, 0.15) is 5.82 Å². The van der Waals surface area contributed by atoms with Gasteiger partial charge in [-0.25, -0.2) is 17.5 Å². The minimum atomic E-state index is -3.06. The molecule has 1 atom stereocenters. The van der Waals surface area contributed by atoms with Gasteiger partial charge in [0.05, 0.1) is 17.2 Å². The first-order chi connectivity index (χ1) is 12.4. The lowest BCUT2D eigenvalue weighted by atomic mass is 10.1. The predicted octanol–water partition coefficient (Wildman–Crippen LogP) is 1.76. The lowest BCUT2D eigenvalue weighted by Gasteiger charge is -2.22. The quantitative estimate of drug-likeness (QED) is 0.817. The van der Waals surface area contributed by atoms with Crippen molar-refractivity contribution in [3.63, 3.8) is 0 Å². The fourth-order valence-electron chi connectivity index (χ4n) is 3.82. The molecular formula is C18H20FN3O3S. The van der Waals surface area contributed by atoms with E-state index in [1.54, 1.807) is 23.9 Å². The molecule has 1 fully saturated rings. The van der Waals surface area contributed by atoms with E-state index in [0.29, 0.717) is 12.1 Å². The molecule has 4 rings (SSSR count). The number of amides is 1. The van der Waals surface area contributed by atoms with Crippen LogP contribution in [0.3, 0.4) is 0 Å². The Balaban J connectivity index is 1.68. The third-order valence-electron chi connectivity index (χ3n) is 5.28. The number of carbonyl (C=O) groups excluding carboxylic acids is 1. The van der Waals surface area contributed by atoms with Gasteiger partial charge >= 0.3 is 0 Å². The topological polar surface area (TPSA) is 72.3 Å². The van der Waals surface area contributed by atoms with Crippen molar-refractivity contribution in [1.29, 1.82) is 0 Å². The number of benzene rings is 1. The summed E-state index contributed by atoms with van der Waals surface area (Å²) < 4.78 is 38.4. The highest BCUT2D eigenvalue weighted by atomic mass is 32.2. The van der Waals surface area contributed by atoms with Gasteiger partial charge in [-0.15, -0.1) is 0 Å². The molecule has 0 bridgehead atoms. The maximum absolute atomic E-state index is 13.2. The fourth-order valence-corrected chi connectivity index (χ4v) is 5.59. The molecule has 1 aliphatic heterocycles. The minimum Gasteiger partial charge on any atom is -0.336 e. The first-order valence-electron chi connectivity index (χ1n) is 8.70. The Morgan fingerprint density at radius 2 is 2.00 bits per heavy atom. The van der Waals surface area contributed by atoms with Gasteiger partial charge in [-0.3, -0.25) is 4.79 Å². The predicted molar refractivity (Wildman–Crippen MR) is 94.7 cm³/mol. The van der Waals surface area contributed by atoms with Crippen molar-refractivity contribution in [3.05, 3.63) is 47.0 Å². The average molecular weight is 377 g/mol. The summed E-state index contributed by atoms with van der Waals surface area (Å²) in [7, 11) is -1.42. The molecule has 1 saturated heterocycles. The molecule has 1 amide bonds. The second-order valence-corrected chi connectivity index (χ2v) is 9.22. The Bertz CT molecular complexity index is 966. The third kappa shape index (κ3) is 2.92. The van der Waals surface area contributed by atoms with Gasteiger partial charge in [-0.05, 0) is 49.9 Å². The average Bonchev–Trinajstić information content (AvgIpc) is 3.29. The van der Waals surface area contributed by atoms with Crippen LogP contribution in [0.1, 0.15) is 34.6 Å². The molecule has 0 radical (unpaired) electrons. The van der Waals surface area contributed by atoms with Crippen LogP contribution in [0, 0.1) is 5.82 Å². The van der Waals surface area contributed by atoms with Crippen molar-refractivity contribution in [2.75, 3.05) is 18.6 Å². The first-order valence-corrected chi connectivity index (χ1v) is 10.5. The second-order valence-electron chi connectivity index (χ2n) is 6.99. The Morgan fingerprint density at radius 3 is 2.65 bits per heavy atom. The zero-order valence-electron chi connectivity index (χ0n) is 14.5. The van der Waals surface area contributed by atoms with Crippen molar-refractivity contribution >= 4 is 15.7 Å². The molecule has 2 heterocycles. The molecule has 0 N–H and O–H groups in total. The van der Waals surface area contributed by atoms with Crippen molar-refractivity contribution in [1.82, 2.24) is 14.7 Å². The summed E-state index contributed by atoms with van der Waals surface area (Å²) >= 11 is 0. The molecule has 26 heavy (non-hydrogen) atoms. The second kappa shape index (κ2) is 6.19. The normalized spacial score (nSPS) is 20.9. The number of hydrogen-bond donors (Lipinski definition) is 0. The maximum Gasteiger partial charge on any atom is 0.274 e. The molecule has 1 unspecified atom stereocenters. The van der Waals surface area contributed by atoms with Gasteiger partial charge in [0.2, 0.25) is 0 Å². The summed E-state index contributed by atoms with van der Waals surface area (Å²) in [4.78, 5) is 14.5. The molecule has 2 aliphatic rings. The van der Waals surface area contributed by atoms with Crippen molar-refractivity contribution < 1.29 is 17.6 Å². The lowest BCUT2D eigenvalue weighted by molar-refractivity contribution is 0.0740. The summed E-state index contributed by atoms with van der Waals surface area (Å²) in [6.45, 7) is 0. The van der Waals surface area contributed by atoms with Crippen molar-refractivity contribution in [2.24, 2.45) is 0 Å². The Labute approximate surface area is 151 Å². The van der Waals surface area contributed by atoms with Crippen LogP contribution in [-0.4, -0.2) is 53.6 Å². The van der Waals surface area contributed by atoms with E-state index in [-0.39, 0.29) is 29.3 Å². The van der Waals surface area contributed by atoms with E-state index in [1.165, 1.54) is 17.0 Å². The molecule has 6 nitrogen and oxygen atoms in total. The zero-order chi connectivity index (χ0) is 18.5. The van der Waals surface area contributed by atoms with Gasteiger partial charge in [-0.1, -0.05) is 0 Å². The first kappa shape index (κ1) is 17.2. The lowest BCUT2D eigenvalue weighted by Crippen LogP contribution is -2.38. The molecule has 0 spiro atoms. The highest BCUT2D eigenvalue weighted by molar-refractivity contribution is 7.91. The van der Waals surface area contributed by atoms with Crippen molar-refractivity contribution in [2.45, 2.75) is 31.7 Å². The Morgan fingerprint density at radius 1 is 1.27 bits per heavy atom. The van der Waals surface area contributed by atoms with Gasteiger partial charge in [0, 0.05) is 24.3 Å². The van der Waals surface area contributed by atoms with Crippen LogP contribution in [0.2, 0.25) is 0 Å². The number of hydrogen-bond acceptors (Lipinski definition) is 4. The van der Waals surface area contributed by atoms with Gasteiger partial charge in [-0.2, -0.15) is 5.10 Å². The smallest absolute Gasteiger partial charge is 0.274 e. The molecule has 1 aliphatic carbocycles. The number of halogens is 1. The summed E-state index contributed by atoms with van der Waals surface area (Å²) in [5.74, 6) is -0.435. The minimum absolute atomic E-state index is 0.0100. The SMILES string of the molecule is CN(C(=O)c1nn(-c2ccc(F)cc2)c2c1CCC2)C1CCS(=O)(=O)C1. The fraction of sp³-hybridized carbons (Fsp3) is 0.444. The van der Waals surface area contributed by atoms with E-state index in [2.05, 4.69) is 5.10 Å². The summed E-state index contributed by atoms with van der Waals surface area (Å²) in [5, 5.41) is 4.51. The van der Waals surface area contributed by atoms with Crippen LogP contribution < -0.4 is 0 Å². The standard InChI is InChI=1S/C18H20FN3O3S/c1-21(14-9-10-26(24,25)11-14)18(23)17-15-3-2-4-16(15)22(20-17)13-7-5-12(19)6-8-13/h5-8,14H,2-4,9-11H2,1H3. The Hall–Kier alpha value is -2.22. The van der Waals surface area contributed by atoms with Gasteiger partial charge < -0.3 is 4.90 Å². The van der Waals surface area contributed by atoms with E-state index in [9.17, 15) is 17.6 Å². The van der Waals surface area contributed by atoms with Crippen molar-refractivity contribution in [3.8, 4) is 5.69 Å². The number of rotatable bonds is 3. The van der Waals surface area contributed by atoms with Gasteiger partial charge in [0.15, 0.2) is 15.5 Å². The van der Waals surface area contributed by atoms with E-state index >= 15 is 0 Å². The molecule has 1 aromatic heterocycles. The number of carbonyl (C=O) groups is 1. The third-order valence-corrected chi connectivity index (χ3v) is 7.03. The van der Waals surface area contributed by atoms with Gasteiger partial charge in [0.25, 0.3) is 5.91 Å². The van der Waals surface area contributed by atoms with E-state index in [1.807, 2.05) is 0 Å². The maximum atomic E-state index is 13.2. The highest BCUT2D eigenvalue weighted by Crippen LogP contribution is 2.29. The van der Waals surface area contributed by atoms with Crippen LogP contribution in [0.5, 0.6) is 0 Å². The zero-order valence-corrected chi connectivity index (χ0v) is 15.3. The summed E-state index contributed by atoms with van der Waals surface area (Å²) in [6, 6.07) is 5.72. The Kier molecular flexibility index (Phi) is 4.10. The highest BCUT2D eigenvalue weighted by Gasteiger charge is 2.36. The number of sulfone groups is 1. The number of fused-ring (bicyclic) bond motifs is 1. The molecule has 2 aromatic rings. The van der Waals surface area contributed by atoms with Crippen LogP contribution in [0.25, 0.3) is 5.69 Å². The summed E-state index contributed by atoms with van der Waals surface area (Å²) in [6.07, 6.45) is 2.99. The molecule has 1 aromatic carbocycles. The van der Waals surface area contributed by atoms with Crippen LogP contribution >= 0.6 is 0 Å². The van der Waals surface area contributed by atoms with E-state index in [4.69, 9.17) is 0 Å². The number of aromatic nitrogens is 2.